The third kappa shape index (κ3) is 3.41. The van der Waals surface area contributed by atoms with Crippen LogP contribution in [-0.2, 0) is 16.0 Å². The highest BCUT2D eigenvalue weighted by molar-refractivity contribution is 5.45. The average molecular weight is 347 g/mol. The SMILES string of the molecule is CN(C)c1ccc(CNC2C3COC(O3)C(N3CCCC3)C2O)cc1. The van der Waals surface area contributed by atoms with Crippen molar-refractivity contribution < 1.29 is 14.6 Å². The van der Waals surface area contributed by atoms with Crippen molar-refractivity contribution in [2.75, 3.05) is 38.7 Å². The molecule has 3 aliphatic rings. The number of aliphatic hydroxyl groups is 1. The molecule has 1 aromatic rings. The first kappa shape index (κ1) is 17.2. The van der Waals surface area contributed by atoms with Gasteiger partial charge < -0.3 is 24.8 Å². The van der Waals surface area contributed by atoms with Gasteiger partial charge in [-0.05, 0) is 43.6 Å². The van der Waals surface area contributed by atoms with E-state index in [4.69, 9.17) is 9.47 Å². The molecule has 0 saturated carbocycles. The first-order chi connectivity index (χ1) is 12.1. The summed E-state index contributed by atoms with van der Waals surface area (Å²) < 4.78 is 11.9. The summed E-state index contributed by atoms with van der Waals surface area (Å²) in [7, 11) is 4.08. The van der Waals surface area contributed by atoms with Crippen LogP contribution in [0.15, 0.2) is 24.3 Å². The quantitative estimate of drug-likeness (QED) is 0.821. The summed E-state index contributed by atoms with van der Waals surface area (Å²) in [6.07, 6.45) is 1.56. The first-order valence-electron chi connectivity index (χ1n) is 9.32. The van der Waals surface area contributed by atoms with Gasteiger partial charge in [-0.3, -0.25) is 4.90 Å². The fourth-order valence-electron chi connectivity index (χ4n) is 4.23. The lowest BCUT2D eigenvalue weighted by Crippen LogP contribution is -2.63. The zero-order valence-corrected chi connectivity index (χ0v) is 15.1. The number of ether oxygens (including phenoxy) is 2. The standard InChI is InChI=1S/C19H29N3O3/c1-21(2)14-7-5-13(6-8-14)11-20-16-15-12-24-19(25-15)17(18(16)23)22-9-3-4-10-22/h5-8,15-20,23H,3-4,9-12H2,1-2H3. The third-order valence-corrected chi connectivity index (χ3v) is 5.69. The molecule has 0 aromatic heterocycles. The molecule has 3 heterocycles. The molecule has 1 aromatic carbocycles. The molecule has 2 N–H and O–H groups in total. The summed E-state index contributed by atoms with van der Waals surface area (Å²) in [5.41, 5.74) is 2.39. The number of anilines is 1. The maximum atomic E-state index is 11.0. The van der Waals surface area contributed by atoms with E-state index in [9.17, 15) is 5.11 Å². The molecule has 5 unspecified atom stereocenters. The van der Waals surface area contributed by atoms with Crippen LogP contribution in [0.2, 0.25) is 0 Å². The lowest BCUT2D eigenvalue weighted by molar-refractivity contribution is -0.179. The normalized spacial score (nSPS) is 35.2. The van der Waals surface area contributed by atoms with Crippen molar-refractivity contribution in [1.82, 2.24) is 10.2 Å². The molecule has 5 atom stereocenters. The second-order valence-electron chi connectivity index (χ2n) is 7.57. The van der Waals surface area contributed by atoms with Gasteiger partial charge in [-0.25, -0.2) is 0 Å². The second kappa shape index (κ2) is 7.21. The van der Waals surface area contributed by atoms with E-state index >= 15 is 0 Å². The molecule has 6 heteroatoms. The fraction of sp³-hybridized carbons (Fsp3) is 0.684. The summed E-state index contributed by atoms with van der Waals surface area (Å²) in [4.78, 5) is 4.42. The zero-order chi connectivity index (χ0) is 17.4. The highest BCUT2D eigenvalue weighted by Crippen LogP contribution is 2.33. The number of aliphatic hydroxyl groups excluding tert-OH is 1. The van der Waals surface area contributed by atoms with Crippen LogP contribution in [0.4, 0.5) is 5.69 Å². The highest BCUT2D eigenvalue weighted by Gasteiger charge is 2.52. The molecule has 0 amide bonds. The Morgan fingerprint density at radius 1 is 1.20 bits per heavy atom. The topological polar surface area (TPSA) is 57.2 Å². The van der Waals surface area contributed by atoms with Crippen molar-refractivity contribution in [2.45, 2.75) is 50.0 Å². The molecule has 2 bridgehead atoms. The van der Waals surface area contributed by atoms with Gasteiger partial charge >= 0.3 is 0 Å². The molecule has 0 spiro atoms. The van der Waals surface area contributed by atoms with Gasteiger partial charge in [0.2, 0.25) is 0 Å². The second-order valence-corrected chi connectivity index (χ2v) is 7.57. The Kier molecular flexibility index (Phi) is 4.97. The number of benzene rings is 1. The van der Waals surface area contributed by atoms with Gasteiger partial charge in [-0.1, -0.05) is 12.1 Å². The van der Waals surface area contributed by atoms with Crippen LogP contribution in [0.25, 0.3) is 0 Å². The largest absolute Gasteiger partial charge is 0.390 e. The summed E-state index contributed by atoms with van der Waals surface area (Å²) in [5, 5.41) is 14.5. The van der Waals surface area contributed by atoms with Crippen molar-refractivity contribution in [3.8, 4) is 0 Å². The van der Waals surface area contributed by atoms with Crippen LogP contribution in [0.3, 0.4) is 0 Å². The summed E-state index contributed by atoms with van der Waals surface area (Å²) in [6, 6.07) is 8.33. The van der Waals surface area contributed by atoms with Crippen molar-refractivity contribution >= 4 is 5.69 Å². The van der Waals surface area contributed by atoms with Gasteiger partial charge in [0.15, 0.2) is 6.29 Å². The van der Waals surface area contributed by atoms with Gasteiger partial charge in [-0.2, -0.15) is 0 Å². The Balaban J connectivity index is 1.42. The number of hydrogen-bond donors (Lipinski definition) is 2. The van der Waals surface area contributed by atoms with Crippen LogP contribution in [0.5, 0.6) is 0 Å². The molecule has 25 heavy (non-hydrogen) atoms. The van der Waals surface area contributed by atoms with Crippen LogP contribution < -0.4 is 10.2 Å². The van der Waals surface area contributed by atoms with Gasteiger partial charge in [0, 0.05) is 26.3 Å². The van der Waals surface area contributed by atoms with Gasteiger partial charge in [0.05, 0.1) is 24.8 Å². The van der Waals surface area contributed by atoms with E-state index in [0.29, 0.717) is 13.2 Å². The molecule has 0 radical (unpaired) electrons. The lowest BCUT2D eigenvalue weighted by Gasteiger charge is -2.42. The minimum atomic E-state index is -0.467. The maximum absolute atomic E-state index is 11.0. The van der Waals surface area contributed by atoms with Crippen LogP contribution in [-0.4, -0.2) is 74.4 Å². The molecule has 138 valence electrons. The minimum absolute atomic E-state index is 0.0603. The van der Waals surface area contributed by atoms with Crippen LogP contribution in [0, 0.1) is 0 Å². The number of nitrogens with zero attached hydrogens (tertiary/aromatic N) is 2. The van der Waals surface area contributed by atoms with E-state index < -0.39 is 6.10 Å². The summed E-state index contributed by atoms with van der Waals surface area (Å²) in [6.45, 7) is 3.32. The van der Waals surface area contributed by atoms with E-state index in [2.05, 4.69) is 39.4 Å². The molecule has 4 rings (SSSR count). The van der Waals surface area contributed by atoms with Gasteiger partial charge in [0.25, 0.3) is 0 Å². The van der Waals surface area contributed by atoms with E-state index in [1.54, 1.807) is 0 Å². The fourth-order valence-corrected chi connectivity index (χ4v) is 4.23. The lowest BCUT2D eigenvalue weighted by atomic mass is 9.94. The van der Waals surface area contributed by atoms with Crippen LogP contribution >= 0.6 is 0 Å². The zero-order valence-electron chi connectivity index (χ0n) is 15.1. The highest BCUT2D eigenvalue weighted by atomic mass is 16.7. The number of rotatable bonds is 5. The molecule has 6 nitrogen and oxygen atoms in total. The molecular formula is C19H29N3O3. The number of hydrogen-bond acceptors (Lipinski definition) is 6. The van der Waals surface area contributed by atoms with Crippen molar-refractivity contribution in [2.24, 2.45) is 0 Å². The smallest absolute Gasteiger partial charge is 0.176 e. The van der Waals surface area contributed by atoms with Gasteiger partial charge in [0.1, 0.15) is 6.10 Å². The predicted octanol–water partition coefficient (Wildman–Crippen LogP) is 0.791. The number of nitrogens with one attached hydrogen (secondary N) is 1. The summed E-state index contributed by atoms with van der Waals surface area (Å²) >= 11 is 0. The van der Waals surface area contributed by atoms with E-state index in [0.717, 1.165) is 13.1 Å². The Hall–Kier alpha value is -1.18. The van der Waals surface area contributed by atoms with E-state index in [-0.39, 0.29) is 24.5 Å². The monoisotopic (exact) mass is 347 g/mol. The van der Waals surface area contributed by atoms with Crippen molar-refractivity contribution in [3.63, 3.8) is 0 Å². The predicted molar refractivity (Wildman–Crippen MR) is 96.6 cm³/mol. The van der Waals surface area contributed by atoms with E-state index in [1.165, 1.54) is 24.1 Å². The maximum Gasteiger partial charge on any atom is 0.176 e. The van der Waals surface area contributed by atoms with Gasteiger partial charge in [-0.15, -0.1) is 0 Å². The Bertz CT molecular complexity index is 572. The average Bonchev–Trinajstić information content (AvgIpc) is 3.27. The Morgan fingerprint density at radius 2 is 1.92 bits per heavy atom. The molecule has 0 aliphatic carbocycles. The summed E-state index contributed by atoms with van der Waals surface area (Å²) in [5.74, 6) is 0. The van der Waals surface area contributed by atoms with Crippen molar-refractivity contribution in [3.05, 3.63) is 29.8 Å². The minimum Gasteiger partial charge on any atom is -0.390 e. The molecule has 3 aliphatic heterocycles. The van der Waals surface area contributed by atoms with E-state index in [1.807, 2.05) is 14.1 Å². The van der Waals surface area contributed by atoms with Crippen LogP contribution in [0.1, 0.15) is 18.4 Å². The first-order valence-corrected chi connectivity index (χ1v) is 9.32. The third-order valence-electron chi connectivity index (χ3n) is 5.69. The Morgan fingerprint density at radius 3 is 2.60 bits per heavy atom. The van der Waals surface area contributed by atoms with Crippen molar-refractivity contribution in [1.29, 1.82) is 0 Å². The number of fused-ring (bicyclic) bond motifs is 2. The molecule has 3 saturated heterocycles. The molecular weight excluding hydrogens is 318 g/mol. The molecule has 3 fully saturated rings. The Labute approximate surface area is 149 Å². The number of likely N-dealkylation sites (tertiary alicyclic amines) is 1.